The number of hydrogen-bond donors (Lipinski definition) is 1. The van der Waals surface area contributed by atoms with Gasteiger partial charge in [-0.3, -0.25) is 9.69 Å². The Kier molecular flexibility index (Phi) is 5.34. The zero-order valence-corrected chi connectivity index (χ0v) is 14.4. The molecule has 0 radical (unpaired) electrons. The highest BCUT2D eigenvalue weighted by atomic mass is 16.2. The monoisotopic (exact) mass is 315 g/mol. The van der Waals surface area contributed by atoms with Crippen LogP contribution in [0.2, 0.25) is 0 Å². The van der Waals surface area contributed by atoms with E-state index in [1.807, 2.05) is 18.2 Å². The van der Waals surface area contributed by atoms with E-state index in [-0.39, 0.29) is 11.9 Å². The number of nitrogens with one attached hydrogen (secondary N) is 1. The lowest BCUT2D eigenvalue weighted by Gasteiger charge is -2.29. The average molecular weight is 315 g/mol. The highest BCUT2D eigenvalue weighted by molar-refractivity contribution is 5.82. The van der Waals surface area contributed by atoms with Crippen molar-refractivity contribution in [2.45, 2.75) is 50.7 Å². The second-order valence-electron chi connectivity index (χ2n) is 6.92. The molecule has 1 aromatic rings. The number of hydrogen-bond acceptors (Lipinski definition) is 3. The van der Waals surface area contributed by atoms with Gasteiger partial charge in [-0.05, 0) is 44.8 Å². The van der Waals surface area contributed by atoms with Gasteiger partial charge in [0.05, 0.1) is 6.04 Å². The minimum Gasteiger partial charge on any atom is -0.340 e. The summed E-state index contributed by atoms with van der Waals surface area (Å²) >= 11 is 0. The predicted octanol–water partition coefficient (Wildman–Crippen LogP) is 1.90. The third-order valence-corrected chi connectivity index (χ3v) is 5.49. The first-order valence-electron chi connectivity index (χ1n) is 8.97. The lowest BCUT2D eigenvalue weighted by molar-refractivity contribution is -0.133. The van der Waals surface area contributed by atoms with Crippen molar-refractivity contribution in [3.05, 3.63) is 35.9 Å². The van der Waals surface area contributed by atoms with E-state index in [4.69, 9.17) is 0 Å². The first-order chi connectivity index (χ1) is 11.2. The molecule has 2 heterocycles. The van der Waals surface area contributed by atoms with E-state index in [0.29, 0.717) is 12.1 Å². The summed E-state index contributed by atoms with van der Waals surface area (Å²) in [7, 11) is 2.22. The van der Waals surface area contributed by atoms with E-state index < -0.39 is 0 Å². The molecule has 3 unspecified atom stereocenters. The van der Waals surface area contributed by atoms with E-state index in [1.54, 1.807) is 0 Å². The Morgan fingerprint density at radius 3 is 2.70 bits per heavy atom. The third-order valence-electron chi connectivity index (χ3n) is 5.49. The molecular weight excluding hydrogens is 286 g/mol. The molecule has 2 fully saturated rings. The number of fused-ring (bicyclic) bond motifs is 2. The van der Waals surface area contributed by atoms with Gasteiger partial charge in [-0.2, -0.15) is 0 Å². The summed E-state index contributed by atoms with van der Waals surface area (Å²) in [6.45, 7) is 4.69. The molecule has 2 aliphatic rings. The van der Waals surface area contributed by atoms with Crippen LogP contribution in [-0.4, -0.2) is 60.5 Å². The third kappa shape index (κ3) is 3.75. The highest BCUT2D eigenvalue weighted by Crippen LogP contribution is 2.28. The molecule has 1 N–H and O–H groups in total. The Morgan fingerprint density at radius 2 is 1.96 bits per heavy atom. The molecule has 126 valence electrons. The van der Waals surface area contributed by atoms with Crippen LogP contribution in [-0.2, 0) is 11.2 Å². The van der Waals surface area contributed by atoms with Crippen molar-refractivity contribution in [2.75, 3.05) is 26.7 Å². The molecule has 4 heteroatoms. The minimum atomic E-state index is -0.107. The Hall–Kier alpha value is -1.39. The fraction of sp³-hybridized carbons (Fsp3) is 0.632. The van der Waals surface area contributed by atoms with Gasteiger partial charge >= 0.3 is 0 Å². The average Bonchev–Trinajstić information content (AvgIpc) is 2.80. The van der Waals surface area contributed by atoms with E-state index >= 15 is 0 Å². The zero-order valence-electron chi connectivity index (χ0n) is 14.4. The van der Waals surface area contributed by atoms with Crippen LogP contribution in [0.5, 0.6) is 0 Å². The molecule has 2 bridgehead atoms. The molecule has 0 aliphatic carbocycles. The first kappa shape index (κ1) is 16.5. The quantitative estimate of drug-likeness (QED) is 0.901. The van der Waals surface area contributed by atoms with Crippen LogP contribution in [0.3, 0.4) is 0 Å². The summed E-state index contributed by atoms with van der Waals surface area (Å²) in [5.74, 6) is 0.275. The molecule has 3 atom stereocenters. The fourth-order valence-corrected chi connectivity index (χ4v) is 4.07. The number of carbonyl (C=O) groups is 1. The molecule has 0 saturated carbocycles. The van der Waals surface area contributed by atoms with E-state index in [2.05, 4.69) is 41.2 Å². The van der Waals surface area contributed by atoms with Crippen LogP contribution in [0.1, 0.15) is 31.7 Å². The maximum atomic E-state index is 13.1. The summed E-state index contributed by atoms with van der Waals surface area (Å²) in [6, 6.07) is 11.4. The molecule has 2 saturated heterocycles. The van der Waals surface area contributed by atoms with Crippen LogP contribution in [0.25, 0.3) is 0 Å². The summed E-state index contributed by atoms with van der Waals surface area (Å²) in [5, 5.41) is 3.40. The van der Waals surface area contributed by atoms with Gasteiger partial charge in [0.1, 0.15) is 0 Å². The van der Waals surface area contributed by atoms with Crippen molar-refractivity contribution >= 4 is 5.91 Å². The van der Waals surface area contributed by atoms with E-state index in [9.17, 15) is 4.79 Å². The summed E-state index contributed by atoms with van der Waals surface area (Å²) < 4.78 is 0. The smallest absolute Gasteiger partial charge is 0.240 e. The molecular formula is C19H29N3O. The standard InChI is InChI=1S/C19H29N3O/c1-3-20-18(13-15-7-5-4-6-8-15)19(23)22-12-11-16-9-10-17(14-22)21(16)2/h4-8,16-18,20H,3,9-14H2,1-2H3. The van der Waals surface area contributed by atoms with Crippen LogP contribution in [0.4, 0.5) is 0 Å². The van der Waals surface area contributed by atoms with E-state index in [0.717, 1.165) is 32.5 Å². The van der Waals surface area contributed by atoms with Crippen molar-refractivity contribution in [1.82, 2.24) is 15.1 Å². The molecule has 1 aromatic carbocycles. The number of likely N-dealkylation sites (N-methyl/N-ethyl adjacent to an activating group) is 2. The molecule has 2 aliphatic heterocycles. The summed E-state index contributed by atoms with van der Waals surface area (Å²) in [5.41, 5.74) is 1.22. The van der Waals surface area contributed by atoms with Gasteiger partial charge in [0.15, 0.2) is 0 Å². The van der Waals surface area contributed by atoms with Gasteiger partial charge in [0.25, 0.3) is 0 Å². The number of nitrogens with zero attached hydrogens (tertiary/aromatic N) is 2. The Bertz CT molecular complexity index is 519. The Labute approximate surface area is 139 Å². The fourth-order valence-electron chi connectivity index (χ4n) is 4.07. The Balaban J connectivity index is 1.68. The van der Waals surface area contributed by atoms with Crippen molar-refractivity contribution in [1.29, 1.82) is 0 Å². The van der Waals surface area contributed by atoms with Crippen LogP contribution < -0.4 is 5.32 Å². The van der Waals surface area contributed by atoms with Gasteiger partial charge in [-0.15, -0.1) is 0 Å². The van der Waals surface area contributed by atoms with Gasteiger partial charge < -0.3 is 10.2 Å². The SMILES string of the molecule is CCNC(Cc1ccccc1)C(=O)N1CCC2CCC(C1)N2C. The normalized spacial score (nSPS) is 26.1. The number of amides is 1. The lowest BCUT2D eigenvalue weighted by atomic mass is 10.0. The minimum absolute atomic E-state index is 0.107. The number of carbonyl (C=O) groups excluding carboxylic acids is 1. The first-order valence-corrected chi connectivity index (χ1v) is 8.97. The van der Waals surface area contributed by atoms with Crippen molar-refractivity contribution in [2.24, 2.45) is 0 Å². The van der Waals surface area contributed by atoms with Gasteiger partial charge in [0, 0.05) is 25.2 Å². The second-order valence-corrected chi connectivity index (χ2v) is 6.92. The van der Waals surface area contributed by atoms with Crippen LogP contribution >= 0.6 is 0 Å². The van der Waals surface area contributed by atoms with Crippen molar-refractivity contribution in [3.63, 3.8) is 0 Å². The molecule has 3 rings (SSSR count). The van der Waals surface area contributed by atoms with Crippen LogP contribution in [0, 0.1) is 0 Å². The summed E-state index contributed by atoms with van der Waals surface area (Å²) in [4.78, 5) is 17.7. The number of benzene rings is 1. The largest absolute Gasteiger partial charge is 0.340 e. The molecule has 4 nitrogen and oxygen atoms in total. The number of likely N-dealkylation sites (tertiary alicyclic amines) is 1. The zero-order chi connectivity index (χ0) is 16.2. The maximum Gasteiger partial charge on any atom is 0.240 e. The van der Waals surface area contributed by atoms with Crippen molar-refractivity contribution < 1.29 is 4.79 Å². The molecule has 1 amide bonds. The Morgan fingerprint density at radius 1 is 1.22 bits per heavy atom. The predicted molar refractivity (Wildman–Crippen MR) is 93.4 cm³/mol. The van der Waals surface area contributed by atoms with E-state index in [1.165, 1.54) is 18.4 Å². The molecule has 23 heavy (non-hydrogen) atoms. The van der Waals surface area contributed by atoms with Gasteiger partial charge in [-0.1, -0.05) is 37.3 Å². The van der Waals surface area contributed by atoms with Gasteiger partial charge in [0.2, 0.25) is 5.91 Å². The summed E-state index contributed by atoms with van der Waals surface area (Å²) in [6.07, 6.45) is 4.41. The highest BCUT2D eigenvalue weighted by Gasteiger charge is 2.37. The molecule has 0 spiro atoms. The number of rotatable bonds is 5. The lowest BCUT2D eigenvalue weighted by Crippen LogP contribution is -2.50. The van der Waals surface area contributed by atoms with Crippen molar-refractivity contribution in [3.8, 4) is 0 Å². The van der Waals surface area contributed by atoms with Crippen LogP contribution in [0.15, 0.2) is 30.3 Å². The second kappa shape index (κ2) is 7.45. The maximum absolute atomic E-state index is 13.1. The topological polar surface area (TPSA) is 35.6 Å². The molecule has 0 aromatic heterocycles. The van der Waals surface area contributed by atoms with Gasteiger partial charge in [-0.25, -0.2) is 0 Å².